The monoisotopic (exact) mass is 464 g/mol. The van der Waals surface area contributed by atoms with E-state index in [1.54, 1.807) is 0 Å². The van der Waals surface area contributed by atoms with Gasteiger partial charge in [-0.1, -0.05) is 13.0 Å². The predicted molar refractivity (Wildman–Crippen MR) is 117 cm³/mol. The third kappa shape index (κ3) is 7.70. The Balaban J connectivity index is 0.00000288. The first kappa shape index (κ1) is 21.7. The summed E-state index contributed by atoms with van der Waals surface area (Å²) in [6.45, 7) is 9.86. The van der Waals surface area contributed by atoms with E-state index in [0.717, 1.165) is 38.1 Å². The summed E-state index contributed by atoms with van der Waals surface area (Å²) in [6.07, 6.45) is 3.86. The van der Waals surface area contributed by atoms with Crippen molar-refractivity contribution in [1.29, 1.82) is 0 Å². The van der Waals surface area contributed by atoms with Gasteiger partial charge in [-0.3, -0.25) is 9.89 Å². The lowest BCUT2D eigenvalue weighted by Crippen LogP contribution is -2.44. The van der Waals surface area contributed by atoms with Gasteiger partial charge in [-0.2, -0.15) is 0 Å². The van der Waals surface area contributed by atoms with Crippen LogP contribution in [0.25, 0.3) is 0 Å². The molecule has 0 amide bonds. The van der Waals surface area contributed by atoms with Crippen molar-refractivity contribution in [3.05, 3.63) is 22.4 Å². The molecule has 1 aliphatic rings. The number of rotatable bonds is 9. The number of nitrogens with one attached hydrogen (secondary N) is 2. The minimum absolute atomic E-state index is 0. The summed E-state index contributed by atoms with van der Waals surface area (Å²) in [4.78, 5) is 8.39. The Morgan fingerprint density at radius 3 is 2.62 bits per heavy atom. The number of thiophene rings is 1. The van der Waals surface area contributed by atoms with Crippen molar-refractivity contribution in [2.45, 2.75) is 52.1 Å². The Bertz CT molecular complexity index is 469. The molecule has 138 valence electrons. The first-order valence-electron chi connectivity index (χ1n) is 8.82. The molecule has 1 aromatic heterocycles. The highest BCUT2D eigenvalue weighted by atomic mass is 127. The zero-order valence-electron chi connectivity index (χ0n) is 15.4. The summed E-state index contributed by atoms with van der Waals surface area (Å²) in [5.74, 6) is 1.52. The van der Waals surface area contributed by atoms with Gasteiger partial charge in [0.05, 0.1) is 0 Å². The highest BCUT2D eigenvalue weighted by molar-refractivity contribution is 14.0. The molecule has 1 saturated carbocycles. The second kappa shape index (κ2) is 11.3. The molecule has 1 atom stereocenters. The molecule has 24 heavy (non-hydrogen) atoms. The van der Waals surface area contributed by atoms with Gasteiger partial charge >= 0.3 is 0 Å². The summed E-state index contributed by atoms with van der Waals surface area (Å²) < 4.78 is 0. The zero-order valence-corrected chi connectivity index (χ0v) is 18.6. The van der Waals surface area contributed by atoms with E-state index in [1.165, 1.54) is 17.7 Å². The molecule has 1 unspecified atom stereocenters. The quantitative estimate of drug-likeness (QED) is 0.334. The summed E-state index contributed by atoms with van der Waals surface area (Å²) in [5, 5.41) is 9.06. The molecule has 0 bridgehead atoms. The van der Waals surface area contributed by atoms with Crippen molar-refractivity contribution < 1.29 is 0 Å². The highest BCUT2D eigenvalue weighted by Gasteiger charge is 2.30. The van der Waals surface area contributed by atoms with Crippen molar-refractivity contribution in [1.82, 2.24) is 15.5 Å². The van der Waals surface area contributed by atoms with Gasteiger partial charge in [0.1, 0.15) is 0 Å². The zero-order chi connectivity index (χ0) is 16.7. The number of hydrogen-bond donors (Lipinski definition) is 2. The maximum atomic E-state index is 4.34. The Kier molecular flexibility index (Phi) is 10.2. The van der Waals surface area contributed by atoms with E-state index in [4.69, 9.17) is 0 Å². The lowest BCUT2D eigenvalue weighted by atomic mass is 10.1. The van der Waals surface area contributed by atoms with Crippen LogP contribution in [0, 0.1) is 5.92 Å². The molecule has 0 aromatic carbocycles. The van der Waals surface area contributed by atoms with Crippen LogP contribution in [0.2, 0.25) is 0 Å². The summed E-state index contributed by atoms with van der Waals surface area (Å²) in [5.41, 5.74) is 0. The van der Waals surface area contributed by atoms with Gasteiger partial charge in [-0.25, -0.2) is 0 Å². The van der Waals surface area contributed by atoms with E-state index < -0.39 is 0 Å². The van der Waals surface area contributed by atoms with Crippen LogP contribution in [-0.4, -0.2) is 49.6 Å². The van der Waals surface area contributed by atoms with E-state index in [9.17, 15) is 0 Å². The molecule has 1 aliphatic carbocycles. The van der Waals surface area contributed by atoms with Gasteiger partial charge in [0.15, 0.2) is 5.96 Å². The molecular weight excluding hydrogens is 431 g/mol. The Morgan fingerprint density at radius 2 is 2.08 bits per heavy atom. The lowest BCUT2D eigenvalue weighted by molar-refractivity contribution is 0.215. The van der Waals surface area contributed by atoms with E-state index in [-0.39, 0.29) is 24.0 Å². The molecule has 2 N–H and O–H groups in total. The van der Waals surface area contributed by atoms with Crippen LogP contribution in [0.3, 0.4) is 0 Å². The highest BCUT2D eigenvalue weighted by Crippen LogP contribution is 2.27. The van der Waals surface area contributed by atoms with Crippen LogP contribution in [0.1, 0.15) is 38.5 Å². The normalized spacial score (nSPS) is 16.2. The standard InChI is InChI=1S/C18H32N4S.HI/c1-14(2)22(16-7-8-16)10-9-20-18(19-4)21-13-15(3)12-17-6-5-11-23-17;/h5-6,11,14-16H,7-10,12-13H2,1-4H3,(H2,19,20,21);1H. The topological polar surface area (TPSA) is 39.7 Å². The fourth-order valence-corrected chi connectivity index (χ4v) is 3.78. The van der Waals surface area contributed by atoms with E-state index in [1.807, 2.05) is 18.4 Å². The fourth-order valence-electron chi connectivity index (χ4n) is 2.91. The average molecular weight is 464 g/mol. The molecule has 0 saturated heterocycles. The second-order valence-corrected chi connectivity index (χ2v) is 7.86. The van der Waals surface area contributed by atoms with Crippen molar-refractivity contribution in [3.63, 3.8) is 0 Å². The van der Waals surface area contributed by atoms with Crippen LogP contribution in [0.15, 0.2) is 22.5 Å². The van der Waals surface area contributed by atoms with Crippen molar-refractivity contribution in [3.8, 4) is 0 Å². The number of halogens is 1. The molecule has 0 spiro atoms. The molecule has 2 rings (SSSR count). The number of guanidine groups is 1. The van der Waals surface area contributed by atoms with Gasteiger partial charge < -0.3 is 10.6 Å². The summed E-state index contributed by atoms with van der Waals surface area (Å²) in [6, 6.07) is 5.79. The van der Waals surface area contributed by atoms with Gasteiger partial charge in [0.2, 0.25) is 0 Å². The van der Waals surface area contributed by atoms with Crippen LogP contribution in [0.4, 0.5) is 0 Å². The van der Waals surface area contributed by atoms with Crippen LogP contribution in [-0.2, 0) is 6.42 Å². The smallest absolute Gasteiger partial charge is 0.191 e. The van der Waals surface area contributed by atoms with Gasteiger partial charge in [0.25, 0.3) is 0 Å². The Labute approximate surface area is 168 Å². The van der Waals surface area contributed by atoms with Crippen LogP contribution < -0.4 is 10.6 Å². The second-order valence-electron chi connectivity index (χ2n) is 6.83. The molecule has 0 radical (unpaired) electrons. The molecule has 1 aromatic rings. The molecule has 1 heterocycles. The first-order chi connectivity index (χ1) is 11.1. The molecule has 4 nitrogen and oxygen atoms in total. The number of aliphatic imine (C=N–C) groups is 1. The first-order valence-corrected chi connectivity index (χ1v) is 9.70. The summed E-state index contributed by atoms with van der Waals surface area (Å²) in [7, 11) is 1.85. The largest absolute Gasteiger partial charge is 0.356 e. The Morgan fingerprint density at radius 1 is 1.33 bits per heavy atom. The lowest BCUT2D eigenvalue weighted by Gasteiger charge is -2.26. The van der Waals surface area contributed by atoms with Gasteiger partial charge in [-0.15, -0.1) is 35.3 Å². The third-order valence-corrected chi connectivity index (χ3v) is 5.21. The third-order valence-electron chi connectivity index (χ3n) is 4.31. The SMILES string of the molecule is CN=C(NCCN(C(C)C)C1CC1)NCC(C)Cc1cccs1.I. The minimum atomic E-state index is 0. The van der Waals surface area contributed by atoms with E-state index in [2.05, 4.69) is 58.8 Å². The van der Waals surface area contributed by atoms with Crippen molar-refractivity contribution in [2.75, 3.05) is 26.7 Å². The van der Waals surface area contributed by atoms with Crippen molar-refractivity contribution >= 4 is 41.3 Å². The molecule has 0 aliphatic heterocycles. The predicted octanol–water partition coefficient (Wildman–Crippen LogP) is 3.58. The number of nitrogens with zero attached hydrogens (tertiary/aromatic N) is 2. The minimum Gasteiger partial charge on any atom is -0.356 e. The molecular formula is C18H33IN4S. The van der Waals surface area contributed by atoms with E-state index in [0.29, 0.717) is 12.0 Å². The van der Waals surface area contributed by atoms with Crippen LogP contribution >= 0.6 is 35.3 Å². The Hall–Kier alpha value is -0.340. The van der Waals surface area contributed by atoms with Crippen molar-refractivity contribution in [2.24, 2.45) is 10.9 Å². The van der Waals surface area contributed by atoms with E-state index >= 15 is 0 Å². The fraction of sp³-hybridized carbons (Fsp3) is 0.722. The van der Waals surface area contributed by atoms with Crippen LogP contribution in [0.5, 0.6) is 0 Å². The van der Waals surface area contributed by atoms with Gasteiger partial charge in [0, 0.05) is 43.6 Å². The average Bonchev–Trinajstić information content (AvgIpc) is 3.23. The van der Waals surface area contributed by atoms with Gasteiger partial charge in [-0.05, 0) is 50.5 Å². The molecule has 6 heteroatoms. The maximum absolute atomic E-state index is 4.34. The number of hydrogen-bond acceptors (Lipinski definition) is 3. The molecule has 1 fully saturated rings. The summed E-state index contributed by atoms with van der Waals surface area (Å²) >= 11 is 1.84. The maximum Gasteiger partial charge on any atom is 0.191 e.